The Kier molecular flexibility index (Phi) is 4.72. The Hall–Kier alpha value is -0.930. The first-order valence-electron chi connectivity index (χ1n) is 4.32. The van der Waals surface area contributed by atoms with Gasteiger partial charge in [0.25, 0.3) is 0 Å². The first-order chi connectivity index (χ1) is 7.17. The third kappa shape index (κ3) is 3.61. The molecule has 82 valence electrons. The molecule has 0 bridgehead atoms. The highest BCUT2D eigenvalue weighted by Crippen LogP contribution is 2.24. The average Bonchev–Trinajstić information content (AvgIpc) is 2.26. The van der Waals surface area contributed by atoms with Gasteiger partial charge in [0.05, 0.1) is 12.1 Å². The molecule has 5 heteroatoms. The lowest BCUT2D eigenvalue weighted by Gasteiger charge is -2.06. The fraction of sp³-hybridized carbons (Fsp3) is 0.300. The Morgan fingerprint density at radius 1 is 1.53 bits per heavy atom. The quantitative estimate of drug-likeness (QED) is 0.829. The molecule has 0 aliphatic rings. The molecule has 1 amide bonds. The van der Waals surface area contributed by atoms with Crippen molar-refractivity contribution < 1.29 is 9.53 Å². The molecule has 0 aliphatic heterocycles. The number of halogens is 2. The number of carbonyl (C=O) groups is 1. The lowest BCUT2D eigenvalue weighted by molar-refractivity contribution is -0.118. The number of carbonyl (C=O) groups excluding carboxylic acids is 1. The molecule has 1 N–H and O–H groups in total. The van der Waals surface area contributed by atoms with E-state index >= 15 is 0 Å². The van der Waals surface area contributed by atoms with Gasteiger partial charge >= 0.3 is 0 Å². The molecule has 0 atom stereocenters. The second-order valence-corrected chi connectivity index (χ2v) is 3.55. The van der Waals surface area contributed by atoms with Crippen LogP contribution in [-0.4, -0.2) is 18.9 Å². The molecule has 1 aromatic rings. The zero-order chi connectivity index (χ0) is 11.3. The number of alkyl halides is 1. The van der Waals surface area contributed by atoms with Crippen LogP contribution in [0, 0.1) is 0 Å². The fourth-order valence-corrected chi connectivity index (χ4v) is 1.44. The molecule has 0 aliphatic carbocycles. The first kappa shape index (κ1) is 12.1. The van der Waals surface area contributed by atoms with E-state index in [1.807, 2.05) is 6.07 Å². The highest BCUT2D eigenvalue weighted by Gasteiger charge is 2.03. The smallest absolute Gasteiger partial charge is 0.235 e. The summed E-state index contributed by atoms with van der Waals surface area (Å²) < 4.78 is 5.01. The van der Waals surface area contributed by atoms with Gasteiger partial charge < -0.3 is 10.1 Å². The second kappa shape index (κ2) is 5.83. The number of hydrogen-bond acceptors (Lipinski definition) is 2. The number of methoxy groups -OCH3 is 1. The van der Waals surface area contributed by atoms with Gasteiger partial charge in [0, 0.05) is 6.54 Å². The highest BCUT2D eigenvalue weighted by molar-refractivity contribution is 6.32. The van der Waals surface area contributed by atoms with Gasteiger partial charge in [0.2, 0.25) is 5.91 Å². The van der Waals surface area contributed by atoms with Gasteiger partial charge in [-0.25, -0.2) is 0 Å². The summed E-state index contributed by atoms with van der Waals surface area (Å²) in [6, 6.07) is 5.33. The molecule has 3 nitrogen and oxygen atoms in total. The van der Waals surface area contributed by atoms with Crippen LogP contribution in [0.3, 0.4) is 0 Å². The molecule has 0 saturated heterocycles. The third-order valence-electron chi connectivity index (χ3n) is 1.83. The predicted octanol–water partition coefficient (Wildman–Crippen LogP) is 2.20. The molecule has 0 radical (unpaired) electrons. The van der Waals surface area contributed by atoms with Crippen molar-refractivity contribution in [2.45, 2.75) is 6.54 Å². The van der Waals surface area contributed by atoms with E-state index in [-0.39, 0.29) is 11.8 Å². The molecule has 0 aromatic heterocycles. The van der Waals surface area contributed by atoms with Crippen molar-refractivity contribution >= 4 is 29.1 Å². The Bertz CT molecular complexity index is 355. The molecule has 15 heavy (non-hydrogen) atoms. The summed E-state index contributed by atoms with van der Waals surface area (Å²) in [5.74, 6) is 0.372. The van der Waals surface area contributed by atoms with Crippen LogP contribution in [0.1, 0.15) is 5.56 Å². The normalized spacial score (nSPS) is 9.80. The maximum absolute atomic E-state index is 10.9. The fourth-order valence-electron chi connectivity index (χ4n) is 1.07. The van der Waals surface area contributed by atoms with Crippen LogP contribution < -0.4 is 10.1 Å². The third-order valence-corrected chi connectivity index (χ3v) is 2.37. The van der Waals surface area contributed by atoms with Crippen molar-refractivity contribution in [3.63, 3.8) is 0 Å². The summed E-state index contributed by atoms with van der Waals surface area (Å²) in [5.41, 5.74) is 0.902. The molecule has 0 fully saturated rings. The van der Waals surface area contributed by atoms with Crippen LogP contribution in [0.4, 0.5) is 0 Å². The molecular formula is C10H11Cl2NO2. The lowest BCUT2D eigenvalue weighted by atomic mass is 10.2. The Morgan fingerprint density at radius 3 is 2.80 bits per heavy atom. The number of amides is 1. The van der Waals surface area contributed by atoms with Crippen molar-refractivity contribution in [3.05, 3.63) is 28.8 Å². The maximum atomic E-state index is 10.9. The number of benzene rings is 1. The number of nitrogens with one attached hydrogen (secondary N) is 1. The Labute approximate surface area is 98.3 Å². The van der Waals surface area contributed by atoms with Crippen molar-refractivity contribution in [1.29, 1.82) is 0 Å². The van der Waals surface area contributed by atoms with Crippen LogP contribution in [-0.2, 0) is 11.3 Å². The summed E-state index contributed by atoms with van der Waals surface area (Å²) in [7, 11) is 1.55. The van der Waals surface area contributed by atoms with Crippen molar-refractivity contribution in [1.82, 2.24) is 5.32 Å². The molecular weight excluding hydrogens is 237 g/mol. The van der Waals surface area contributed by atoms with E-state index < -0.39 is 0 Å². The van der Waals surface area contributed by atoms with E-state index in [0.717, 1.165) is 5.56 Å². The topological polar surface area (TPSA) is 38.3 Å². The van der Waals surface area contributed by atoms with Crippen LogP contribution in [0.5, 0.6) is 5.75 Å². The molecule has 1 rings (SSSR count). The number of ether oxygens (including phenoxy) is 1. The zero-order valence-corrected chi connectivity index (χ0v) is 9.73. The maximum Gasteiger partial charge on any atom is 0.235 e. The van der Waals surface area contributed by atoms with Crippen LogP contribution in [0.15, 0.2) is 18.2 Å². The molecule has 0 unspecified atom stereocenters. The Morgan fingerprint density at radius 2 is 2.27 bits per heavy atom. The number of rotatable bonds is 4. The van der Waals surface area contributed by atoms with Crippen LogP contribution >= 0.6 is 23.2 Å². The largest absolute Gasteiger partial charge is 0.495 e. The summed E-state index contributed by atoms with van der Waals surface area (Å²) in [5, 5.41) is 3.17. The lowest BCUT2D eigenvalue weighted by Crippen LogP contribution is -2.23. The number of hydrogen-bond donors (Lipinski definition) is 1. The molecule has 0 saturated carbocycles. The van der Waals surface area contributed by atoms with Crippen molar-refractivity contribution in [2.24, 2.45) is 0 Å². The monoisotopic (exact) mass is 247 g/mol. The standard InChI is InChI=1S/C10H11Cl2NO2/c1-15-9-3-2-7(4-8(9)12)6-13-10(14)5-11/h2-4H,5-6H2,1H3,(H,13,14). The summed E-state index contributed by atoms with van der Waals surface area (Å²) in [6.45, 7) is 0.412. The predicted molar refractivity (Wildman–Crippen MR) is 60.6 cm³/mol. The van der Waals surface area contributed by atoms with E-state index in [9.17, 15) is 4.79 Å². The SMILES string of the molecule is COc1ccc(CNC(=O)CCl)cc1Cl. The van der Waals surface area contributed by atoms with Gasteiger partial charge in [0.1, 0.15) is 11.6 Å². The minimum atomic E-state index is -0.205. The van der Waals surface area contributed by atoms with E-state index in [0.29, 0.717) is 17.3 Å². The summed E-state index contributed by atoms with van der Waals surface area (Å²) in [6.07, 6.45) is 0. The van der Waals surface area contributed by atoms with Gasteiger partial charge in [-0.2, -0.15) is 0 Å². The van der Waals surface area contributed by atoms with E-state index in [1.54, 1.807) is 19.2 Å². The van der Waals surface area contributed by atoms with Gasteiger partial charge in [-0.15, -0.1) is 11.6 Å². The zero-order valence-electron chi connectivity index (χ0n) is 8.22. The van der Waals surface area contributed by atoms with Crippen molar-refractivity contribution in [3.8, 4) is 5.75 Å². The summed E-state index contributed by atoms with van der Waals surface area (Å²) in [4.78, 5) is 10.9. The Balaban J connectivity index is 2.63. The molecule has 0 heterocycles. The first-order valence-corrected chi connectivity index (χ1v) is 5.23. The van der Waals surface area contributed by atoms with Crippen molar-refractivity contribution in [2.75, 3.05) is 13.0 Å². The van der Waals surface area contributed by atoms with E-state index in [4.69, 9.17) is 27.9 Å². The van der Waals surface area contributed by atoms with E-state index in [1.165, 1.54) is 0 Å². The average molecular weight is 248 g/mol. The molecule has 1 aromatic carbocycles. The minimum absolute atomic E-state index is 0.0378. The van der Waals surface area contributed by atoms with Gasteiger partial charge in [0.15, 0.2) is 0 Å². The summed E-state index contributed by atoms with van der Waals surface area (Å²) >= 11 is 11.3. The van der Waals surface area contributed by atoms with Crippen LogP contribution in [0.25, 0.3) is 0 Å². The highest BCUT2D eigenvalue weighted by atomic mass is 35.5. The van der Waals surface area contributed by atoms with Gasteiger partial charge in [-0.05, 0) is 17.7 Å². The van der Waals surface area contributed by atoms with Crippen LogP contribution in [0.2, 0.25) is 5.02 Å². The molecule has 0 spiro atoms. The van der Waals surface area contributed by atoms with Gasteiger partial charge in [-0.3, -0.25) is 4.79 Å². The minimum Gasteiger partial charge on any atom is -0.495 e. The second-order valence-electron chi connectivity index (χ2n) is 2.88. The van der Waals surface area contributed by atoms with E-state index in [2.05, 4.69) is 5.32 Å². The van der Waals surface area contributed by atoms with Gasteiger partial charge in [-0.1, -0.05) is 17.7 Å².